The van der Waals surface area contributed by atoms with Crippen LogP contribution in [-0.2, 0) is 0 Å². The summed E-state index contributed by atoms with van der Waals surface area (Å²) in [6.07, 6.45) is 7.34. The van der Waals surface area contributed by atoms with Crippen LogP contribution in [0.1, 0.15) is 31.5 Å². The van der Waals surface area contributed by atoms with Gasteiger partial charge in [0.25, 0.3) is 0 Å². The van der Waals surface area contributed by atoms with Crippen LogP contribution in [0.3, 0.4) is 0 Å². The topological polar surface area (TPSA) is 37.8 Å². The fraction of sp³-hybridized carbons (Fsp3) is 0.455. The van der Waals surface area contributed by atoms with Crippen LogP contribution in [0.2, 0.25) is 0 Å². The van der Waals surface area contributed by atoms with Gasteiger partial charge in [-0.05, 0) is 25.5 Å². The fourth-order valence-electron chi connectivity index (χ4n) is 1.39. The van der Waals surface area contributed by atoms with Crippen LogP contribution in [0.5, 0.6) is 0 Å². The van der Waals surface area contributed by atoms with Crippen LogP contribution in [0.4, 0.5) is 0 Å². The van der Waals surface area contributed by atoms with Crippen molar-refractivity contribution in [3.05, 3.63) is 36.9 Å². The lowest BCUT2D eigenvalue weighted by atomic mass is 10.1. The van der Waals surface area contributed by atoms with Gasteiger partial charge in [0.05, 0.1) is 5.69 Å². The predicted octanol–water partition coefficient (Wildman–Crippen LogP) is 2.09. The first kappa shape index (κ1) is 10.9. The van der Waals surface area contributed by atoms with E-state index in [-0.39, 0.29) is 0 Å². The van der Waals surface area contributed by atoms with Crippen molar-refractivity contribution in [3.8, 4) is 0 Å². The Kier molecular flexibility index (Phi) is 4.86. The van der Waals surface area contributed by atoms with Gasteiger partial charge in [0.15, 0.2) is 0 Å². The van der Waals surface area contributed by atoms with Gasteiger partial charge in [0, 0.05) is 12.2 Å². The molecule has 0 amide bonds. The van der Waals surface area contributed by atoms with Crippen molar-refractivity contribution in [1.82, 2.24) is 15.3 Å². The van der Waals surface area contributed by atoms with E-state index in [1.165, 1.54) is 0 Å². The molecule has 0 saturated carbocycles. The standard InChI is InChI=1S/C11H17N3/c1-3-5-6-10(13-4-2)11-7-8-12-9-14-11/h3,7-10,13H,1,4-6H2,2H3. The van der Waals surface area contributed by atoms with Crippen LogP contribution in [-0.4, -0.2) is 16.5 Å². The summed E-state index contributed by atoms with van der Waals surface area (Å²) in [6, 6.07) is 2.28. The molecular formula is C11H17N3. The number of hydrogen-bond acceptors (Lipinski definition) is 3. The number of allylic oxidation sites excluding steroid dienone is 1. The highest BCUT2D eigenvalue weighted by molar-refractivity contribution is 5.04. The minimum atomic E-state index is 0.320. The Hall–Kier alpha value is -1.22. The molecule has 1 aromatic heterocycles. The normalized spacial score (nSPS) is 12.4. The van der Waals surface area contributed by atoms with Gasteiger partial charge >= 0.3 is 0 Å². The zero-order chi connectivity index (χ0) is 10.2. The molecule has 0 spiro atoms. The summed E-state index contributed by atoms with van der Waals surface area (Å²) in [5, 5.41) is 3.40. The third-order valence-electron chi connectivity index (χ3n) is 2.07. The highest BCUT2D eigenvalue weighted by Crippen LogP contribution is 2.15. The van der Waals surface area contributed by atoms with Crippen molar-refractivity contribution in [2.45, 2.75) is 25.8 Å². The SMILES string of the molecule is C=CCCC(NCC)c1ccncn1. The van der Waals surface area contributed by atoms with Crippen molar-refractivity contribution in [2.75, 3.05) is 6.54 Å². The fourth-order valence-corrected chi connectivity index (χ4v) is 1.39. The molecule has 1 N–H and O–H groups in total. The van der Waals surface area contributed by atoms with Crippen molar-refractivity contribution in [1.29, 1.82) is 0 Å². The van der Waals surface area contributed by atoms with E-state index in [2.05, 4.69) is 28.8 Å². The van der Waals surface area contributed by atoms with Crippen LogP contribution in [0, 0.1) is 0 Å². The van der Waals surface area contributed by atoms with Crippen molar-refractivity contribution in [3.63, 3.8) is 0 Å². The van der Waals surface area contributed by atoms with Gasteiger partial charge in [0.1, 0.15) is 6.33 Å². The molecule has 0 radical (unpaired) electrons. The minimum Gasteiger partial charge on any atom is -0.309 e. The van der Waals surface area contributed by atoms with E-state index >= 15 is 0 Å². The Morgan fingerprint density at radius 2 is 2.50 bits per heavy atom. The molecule has 76 valence electrons. The highest BCUT2D eigenvalue weighted by Gasteiger charge is 2.09. The maximum atomic E-state index is 4.24. The molecule has 0 aromatic carbocycles. The minimum absolute atomic E-state index is 0.320. The Labute approximate surface area is 85.3 Å². The largest absolute Gasteiger partial charge is 0.309 e. The summed E-state index contributed by atoms with van der Waals surface area (Å²) >= 11 is 0. The number of aromatic nitrogens is 2. The van der Waals surface area contributed by atoms with Gasteiger partial charge in [-0.15, -0.1) is 6.58 Å². The molecule has 0 aliphatic rings. The van der Waals surface area contributed by atoms with E-state index in [1.807, 2.05) is 12.1 Å². The van der Waals surface area contributed by atoms with Crippen LogP contribution < -0.4 is 5.32 Å². The predicted molar refractivity (Wildman–Crippen MR) is 57.9 cm³/mol. The third-order valence-corrected chi connectivity index (χ3v) is 2.07. The molecule has 0 bridgehead atoms. The van der Waals surface area contributed by atoms with Crippen molar-refractivity contribution >= 4 is 0 Å². The number of hydrogen-bond donors (Lipinski definition) is 1. The second-order valence-electron chi connectivity index (χ2n) is 3.11. The van der Waals surface area contributed by atoms with E-state index in [0.29, 0.717) is 6.04 Å². The maximum absolute atomic E-state index is 4.24. The first-order valence-corrected chi connectivity index (χ1v) is 4.98. The number of nitrogens with one attached hydrogen (secondary N) is 1. The Balaban J connectivity index is 2.62. The van der Waals surface area contributed by atoms with Gasteiger partial charge in [-0.25, -0.2) is 9.97 Å². The lowest BCUT2D eigenvalue weighted by molar-refractivity contribution is 0.507. The first-order chi connectivity index (χ1) is 6.88. The summed E-state index contributed by atoms with van der Waals surface area (Å²) in [4.78, 5) is 8.15. The summed E-state index contributed by atoms with van der Waals surface area (Å²) in [7, 11) is 0. The molecule has 14 heavy (non-hydrogen) atoms. The summed E-state index contributed by atoms with van der Waals surface area (Å²) in [5.74, 6) is 0. The molecule has 0 aliphatic carbocycles. The number of nitrogens with zero attached hydrogens (tertiary/aromatic N) is 2. The number of rotatable bonds is 6. The Morgan fingerprint density at radius 1 is 1.64 bits per heavy atom. The van der Waals surface area contributed by atoms with E-state index < -0.39 is 0 Å². The highest BCUT2D eigenvalue weighted by atomic mass is 14.9. The van der Waals surface area contributed by atoms with Crippen molar-refractivity contribution in [2.24, 2.45) is 0 Å². The summed E-state index contributed by atoms with van der Waals surface area (Å²) in [6.45, 7) is 6.78. The second kappa shape index (κ2) is 6.27. The molecule has 1 atom stereocenters. The zero-order valence-corrected chi connectivity index (χ0v) is 8.61. The molecule has 1 unspecified atom stereocenters. The van der Waals surface area contributed by atoms with E-state index in [1.54, 1.807) is 12.5 Å². The second-order valence-corrected chi connectivity index (χ2v) is 3.11. The van der Waals surface area contributed by atoms with Crippen LogP contribution in [0.25, 0.3) is 0 Å². The summed E-state index contributed by atoms with van der Waals surface area (Å²) < 4.78 is 0. The van der Waals surface area contributed by atoms with Gasteiger partial charge < -0.3 is 5.32 Å². The van der Waals surface area contributed by atoms with Crippen molar-refractivity contribution < 1.29 is 0 Å². The van der Waals surface area contributed by atoms with Gasteiger partial charge in [-0.2, -0.15) is 0 Å². The van der Waals surface area contributed by atoms with Gasteiger partial charge in [-0.3, -0.25) is 0 Å². The third kappa shape index (κ3) is 3.26. The maximum Gasteiger partial charge on any atom is 0.115 e. The van der Waals surface area contributed by atoms with E-state index in [0.717, 1.165) is 25.1 Å². The first-order valence-electron chi connectivity index (χ1n) is 4.98. The monoisotopic (exact) mass is 191 g/mol. The molecular weight excluding hydrogens is 174 g/mol. The molecule has 3 heteroatoms. The van der Waals surface area contributed by atoms with E-state index in [4.69, 9.17) is 0 Å². The average molecular weight is 191 g/mol. The smallest absolute Gasteiger partial charge is 0.115 e. The summed E-state index contributed by atoms with van der Waals surface area (Å²) in [5.41, 5.74) is 1.06. The van der Waals surface area contributed by atoms with Crippen LogP contribution in [0.15, 0.2) is 31.2 Å². The molecule has 1 rings (SSSR count). The van der Waals surface area contributed by atoms with Gasteiger partial charge in [0.2, 0.25) is 0 Å². The lowest BCUT2D eigenvalue weighted by Crippen LogP contribution is -2.21. The van der Waals surface area contributed by atoms with E-state index in [9.17, 15) is 0 Å². The quantitative estimate of drug-likeness (QED) is 0.700. The zero-order valence-electron chi connectivity index (χ0n) is 8.61. The molecule has 1 aromatic rings. The molecule has 0 fully saturated rings. The molecule has 0 saturated heterocycles. The van der Waals surface area contributed by atoms with Crippen LogP contribution >= 0.6 is 0 Å². The lowest BCUT2D eigenvalue weighted by Gasteiger charge is -2.15. The molecule has 1 heterocycles. The molecule has 3 nitrogen and oxygen atoms in total. The Bertz CT molecular complexity index is 258. The molecule has 0 aliphatic heterocycles. The van der Waals surface area contributed by atoms with Gasteiger partial charge in [-0.1, -0.05) is 13.0 Å². The average Bonchev–Trinajstić information content (AvgIpc) is 2.25. The Morgan fingerprint density at radius 3 is 3.07 bits per heavy atom.